The van der Waals surface area contributed by atoms with E-state index in [0.717, 1.165) is 5.69 Å². The third kappa shape index (κ3) is 2.76. The molecule has 1 saturated carbocycles. The van der Waals surface area contributed by atoms with E-state index >= 15 is 0 Å². The molecule has 1 fully saturated rings. The Bertz CT molecular complexity index is 367. The zero-order valence-corrected chi connectivity index (χ0v) is 11.1. The van der Waals surface area contributed by atoms with Gasteiger partial charge in [0.05, 0.1) is 4.47 Å². The molecule has 0 radical (unpaired) electrons. The lowest BCUT2D eigenvalue weighted by Crippen LogP contribution is -2.30. The van der Waals surface area contributed by atoms with E-state index in [1.165, 1.54) is 25.7 Å². The number of nitrogens with one attached hydrogen (secondary N) is 1. The summed E-state index contributed by atoms with van der Waals surface area (Å²) in [7, 11) is 0. The maximum Gasteiger partial charge on any atom is 0.139 e. The number of anilines is 1. The first-order valence-corrected chi connectivity index (χ1v) is 6.67. The second-order valence-electron chi connectivity index (χ2n) is 4.64. The van der Waals surface area contributed by atoms with Crippen LogP contribution in [0.15, 0.2) is 22.7 Å². The van der Waals surface area contributed by atoms with Crippen molar-refractivity contribution in [2.45, 2.75) is 38.6 Å². The predicted octanol–water partition coefficient (Wildman–Crippen LogP) is 4.58. The lowest BCUT2D eigenvalue weighted by Gasteiger charge is -2.30. The van der Waals surface area contributed by atoms with Crippen molar-refractivity contribution in [3.05, 3.63) is 28.5 Å². The summed E-state index contributed by atoms with van der Waals surface area (Å²) in [6.07, 6.45) is 5.07. The molecule has 0 spiro atoms. The highest BCUT2D eigenvalue weighted by molar-refractivity contribution is 9.10. The zero-order valence-electron chi connectivity index (χ0n) is 9.47. The minimum absolute atomic E-state index is 0.200. The van der Waals surface area contributed by atoms with Crippen molar-refractivity contribution in [1.82, 2.24) is 0 Å². The zero-order chi connectivity index (χ0) is 11.5. The van der Waals surface area contributed by atoms with Crippen molar-refractivity contribution in [2.24, 2.45) is 5.92 Å². The third-order valence-corrected chi connectivity index (χ3v) is 4.03. The summed E-state index contributed by atoms with van der Waals surface area (Å²) >= 11 is 3.16. The summed E-state index contributed by atoms with van der Waals surface area (Å²) < 4.78 is 13.9. The van der Waals surface area contributed by atoms with Gasteiger partial charge in [0.2, 0.25) is 0 Å². The highest BCUT2D eigenvalue weighted by Crippen LogP contribution is 2.28. The molecule has 0 heterocycles. The summed E-state index contributed by atoms with van der Waals surface area (Å²) in [5.41, 5.74) is 0.888. The molecule has 0 aromatic heterocycles. The van der Waals surface area contributed by atoms with Crippen LogP contribution in [0.1, 0.15) is 32.6 Å². The molecule has 0 bridgehead atoms. The van der Waals surface area contributed by atoms with Crippen LogP contribution >= 0.6 is 15.9 Å². The van der Waals surface area contributed by atoms with Crippen molar-refractivity contribution in [1.29, 1.82) is 0 Å². The van der Waals surface area contributed by atoms with Gasteiger partial charge in [-0.15, -0.1) is 0 Å². The summed E-state index contributed by atoms with van der Waals surface area (Å²) in [5.74, 6) is 0.480. The summed E-state index contributed by atoms with van der Waals surface area (Å²) in [6, 6.07) is 5.74. The number of benzene rings is 1. The Morgan fingerprint density at radius 3 is 2.75 bits per heavy atom. The monoisotopic (exact) mass is 285 g/mol. The van der Waals surface area contributed by atoms with Gasteiger partial charge in [0.1, 0.15) is 5.82 Å². The molecule has 16 heavy (non-hydrogen) atoms. The van der Waals surface area contributed by atoms with Gasteiger partial charge in [-0.2, -0.15) is 0 Å². The fourth-order valence-electron chi connectivity index (χ4n) is 2.33. The van der Waals surface area contributed by atoms with E-state index in [1.807, 2.05) is 6.07 Å². The van der Waals surface area contributed by atoms with E-state index in [4.69, 9.17) is 0 Å². The Balaban J connectivity index is 2.05. The van der Waals surface area contributed by atoms with Crippen LogP contribution in [-0.2, 0) is 0 Å². The quantitative estimate of drug-likeness (QED) is 0.839. The highest BCUT2D eigenvalue weighted by atomic mass is 79.9. The SMILES string of the molecule is CC1CCCCC1Nc1ccc(Br)c(F)c1. The van der Waals surface area contributed by atoms with Crippen molar-refractivity contribution in [3.8, 4) is 0 Å². The van der Waals surface area contributed by atoms with Crippen molar-refractivity contribution < 1.29 is 4.39 Å². The van der Waals surface area contributed by atoms with E-state index in [-0.39, 0.29) is 5.82 Å². The Morgan fingerprint density at radius 2 is 2.06 bits per heavy atom. The standard InChI is InChI=1S/C13H17BrFN/c1-9-4-2-3-5-13(9)16-10-6-7-11(14)12(15)8-10/h6-9,13,16H,2-5H2,1H3. The first-order valence-electron chi connectivity index (χ1n) is 5.88. The van der Waals surface area contributed by atoms with Gasteiger partial charge in [-0.25, -0.2) is 4.39 Å². The molecule has 1 aliphatic carbocycles. The lowest BCUT2D eigenvalue weighted by atomic mass is 9.86. The largest absolute Gasteiger partial charge is 0.382 e. The molecule has 2 rings (SSSR count). The van der Waals surface area contributed by atoms with E-state index in [2.05, 4.69) is 28.2 Å². The average molecular weight is 286 g/mol. The molecule has 3 heteroatoms. The summed E-state index contributed by atoms with van der Waals surface area (Å²) in [5, 5.41) is 3.44. The maximum atomic E-state index is 13.3. The van der Waals surface area contributed by atoms with Crippen molar-refractivity contribution in [3.63, 3.8) is 0 Å². The van der Waals surface area contributed by atoms with Crippen LogP contribution < -0.4 is 5.32 Å². The molecule has 1 aliphatic rings. The molecule has 0 saturated heterocycles. The van der Waals surface area contributed by atoms with Gasteiger partial charge in [0.15, 0.2) is 0 Å². The number of halogens is 2. The van der Waals surface area contributed by atoms with Crippen LogP contribution in [-0.4, -0.2) is 6.04 Å². The van der Waals surface area contributed by atoms with E-state index in [0.29, 0.717) is 16.4 Å². The summed E-state index contributed by atoms with van der Waals surface area (Å²) in [4.78, 5) is 0. The molecular weight excluding hydrogens is 269 g/mol. The van der Waals surface area contributed by atoms with E-state index < -0.39 is 0 Å². The molecule has 1 N–H and O–H groups in total. The number of hydrogen-bond donors (Lipinski definition) is 1. The van der Waals surface area contributed by atoms with Gasteiger partial charge < -0.3 is 5.32 Å². The van der Waals surface area contributed by atoms with Crippen LogP contribution in [0.3, 0.4) is 0 Å². The molecule has 0 amide bonds. The maximum absolute atomic E-state index is 13.3. The second kappa shape index (κ2) is 5.17. The van der Waals surface area contributed by atoms with Gasteiger partial charge in [-0.05, 0) is 52.9 Å². The van der Waals surface area contributed by atoms with E-state index in [9.17, 15) is 4.39 Å². The smallest absolute Gasteiger partial charge is 0.139 e. The summed E-state index contributed by atoms with van der Waals surface area (Å²) in [6.45, 7) is 2.27. The normalized spacial score (nSPS) is 25.4. The van der Waals surface area contributed by atoms with Crippen LogP contribution in [0.25, 0.3) is 0 Å². The second-order valence-corrected chi connectivity index (χ2v) is 5.50. The van der Waals surface area contributed by atoms with Gasteiger partial charge >= 0.3 is 0 Å². The molecule has 1 aromatic rings. The lowest BCUT2D eigenvalue weighted by molar-refractivity contribution is 0.349. The Kier molecular flexibility index (Phi) is 3.85. The fraction of sp³-hybridized carbons (Fsp3) is 0.538. The number of hydrogen-bond acceptors (Lipinski definition) is 1. The predicted molar refractivity (Wildman–Crippen MR) is 69.1 cm³/mol. The number of rotatable bonds is 2. The van der Waals surface area contributed by atoms with Crippen LogP contribution in [0.4, 0.5) is 10.1 Å². The average Bonchev–Trinajstić information content (AvgIpc) is 2.27. The molecule has 88 valence electrons. The van der Waals surface area contributed by atoms with E-state index in [1.54, 1.807) is 12.1 Å². The van der Waals surface area contributed by atoms with Crippen LogP contribution in [0.5, 0.6) is 0 Å². The van der Waals surface area contributed by atoms with Crippen molar-refractivity contribution >= 4 is 21.6 Å². The fourth-order valence-corrected chi connectivity index (χ4v) is 2.58. The van der Waals surface area contributed by atoms with Crippen LogP contribution in [0, 0.1) is 11.7 Å². The first kappa shape index (κ1) is 11.9. The minimum atomic E-state index is -0.200. The Hall–Kier alpha value is -0.570. The first-order chi connectivity index (χ1) is 7.66. The molecular formula is C13H17BrFN. The minimum Gasteiger partial charge on any atom is -0.382 e. The third-order valence-electron chi connectivity index (χ3n) is 3.38. The highest BCUT2D eigenvalue weighted by Gasteiger charge is 2.20. The Morgan fingerprint density at radius 1 is 1.31 bits per heavy atom. The molecule has 2 unspecified atom stereocenters. The molecule has 1 aromatic carbocycles. The van der Waals surface area contributed by atoms with Gasteiger partial charge in [0.25, 0.3) is 0 Å². The molecule has 1 nitrogen and oxygen atoms in total. The molecule has 2 atom stereocenters. The Labute approximate surface area is 105 Å². The van der Waals surface area contributed by atoms with Crippen LogP contribution in [0.2, 0.25) is 0 Å². The van der Waals surface area contributed by atoms with Gasteiger partial charge in [-0.1, -0.05) is 19.8 Å². The van der Waals surface area contributed by atoms with Gasteiger partial charge in [-0.3, -0.25) is 0 Å². The van der Waals surface area contributed by atoms with Crippen molar-refractivity contribution in [2.75, 3.05) is 5.32 Å². The topological polar surface area (TPSA) is 12.0 Å². The molecule has 0 aliphatic heterocycles. The van der Waals surface area contributed by atoms with Gasteiger partial charge in [0, 0.05) is 11.7 Å².